The van der Waals surface area contributed by atoms with Crippen LogP contribution in [0.15, 0.2) is 28.7 Å². The maximum Gasteiger partial charge on any atom is 0.364 e. The molecule has 0 radical (unpaired) electrons. The van der Waals surface area contributed by atoms with E-state index in [9.17, 15) is 4.57 Å². The van der Waals surface area contributed by atoms with Gasteiger partial charge in [0.15, 0.2) is 0 Å². The molecule has 0 fully saturated rings. The molecule has 1 heterocycles. The summed E-state index contributed by atoms with van der Waals surface area (Å²) in [4.78, 5) is 0. The summed E-state index contributed by atoms with van der Waals surface area (Å²) in [6, 6.07) is 7.38. The predicted octanol–water partition coefficient (Wildman–Crippen LogP) is 2.85. The molecule has 0 aliphatic carbocycles. The number of hydrogen-bond donors (Lipinski definition) is 0. The van der Waals surface area contributed by atoms with E-state index in [2.05, 4.69) is 0 Å². The van der Waals surface area contributed by atoms with Crippen LogP contribution in [0.2, 0.25) is 0 Å². The zero-order valence-corrected chi connectivity index (χ0v) is 10.3. The van der Waals surface area contributed by atoms with Crippen LogP contribution in [0.3, 0.4) is 0 Å². The second-order valence-corrected chi connectivity index (χ2v) is 5.54. The quantitative estimate of drug-likeness (QED) is 0.774. The Hall–Kier alpha value is -1.09. The molecular formula is C11H13O4P. The van der Waals surface area contributed by atoms with Crippen molar-refractivity contribution in [3.63, 3.8) is 0 Å². The van der Waals surface area contributed by atoms with Crippen molar-refractivity contribution in [3.05, 3.63) is 30.0 Å². The first-order valence-electron chi connectivity index (χ1n) is 4.82. The van der Waals surface area contributed by atoms with Crippen LogP contribution in [0.4, 0.5) is 0 Å². The zero-order chi connectivity index (χ0) is 11.8. The smallest absolute Gasteiger partial charge is 0.364 e. The molecule has 16 heavy (non-hydrogen) atoms. The lowest BCUT2D eigenvalue weighted by Crippen LogP contribution is -2.09. The number of rotatable bonds is 3. The minimum atomic E-state index is -3.26. The summed E-state index contributed by atoms with van der Waals surface area (Å²) in [5.74, 6) is 0.563. The number of fused-ring (bicyclic) bond motifs is 1. The highest BCUT2D eigenvalue weighted by Gasteiger charge is 2.31. The van der Waals surface area contributed by atoms with Gasteiger partial charge in [0.1, 0.15) is 16.6 Å². The Kier molecular flexibility index (Phi) is 2.89. The van der Waals surface area contributed by atoms with E-state index in [4.69, 9.17) is 13.5 Å². The fourth-order valence-electron chi connectivity index (χ4n) is 1.75. The third-order valence-electron chi connectivity index (χ3n) is 2.49. The van der Waals surface area contributed by atoms with Crippen LogP contribution in [0.25, 0.3) is 11.0 Å². The minimum Gasteiger partial charge on any atom is -0.460 e. The van der Waals surface area contributed by atoms with Crippen LogP contribution in [-0.4, -0.2) is 14.2 Å². The maximum absolute atomic E-state index is 12.3. The average Bonchev–Trinajstić information content (AvgIpc) is 2.64. The van der Waals surface area contributed by atoms with E-state index in [1.807, 2.05) is 24.3 Å². The molecule has 86 valence electrons. The molecule has 0 saturated heterocycles. The van der Waals surface area contributed by atoms with Gasteiger partial charge in [0.2, 0.25) is 0 Å². The number of hydrogen-bond acceptors (Lipinski definition) is 4. The highest BCUT2D eigenvalue weighted by atomic mass is 31.2. The zero-order valence-electron chi connectivity index (χ0n) is 9.39. The molecule has 2 aromatic rings. The van der Waals surface area contributed by atoms with E-state index in [0.717, 1.165) is 5.39 Å². The normalized spacial score (nSPS) is 12.2. The second kappa shape index (κ2) is 4.06. The van der Waals surface area contributed by atoms with Gasteiger partial charge in [0.25, 0.3) is 0 Å². The fraction of sp³-hybridized carbons (Fsp3) is 0.273. The van der Waals surface area contributed by atoms with Gasteiger partial charge < -0.3 is 13.5 Å². The summed E-state index contributed by atoms with van der Waals surface area (Å²) in [6.45, 7) is 1.75. The summed E-state index contributed by atoms with van der Waals surface area (Å²) < 4.78 is 27.8. The van der Waals surface area contributed by atoms with Crippen molar-refractivity contribution in [1.29, 1.82) is 0 Å². The van der Waals surface area contributed by atoms with E-state index in [0.29, 0.717) is 16.6 Å². The fourth-order valence-corrected chi connectivity index (χ4v) is 3.18. The van der Waals surface area contributed by atoms with Crippen LogP contribution in [0.5, 0.6) is 0 Å². The summed E-state index contributed by atoms with van der Waals surface area (Å²) in [7, 11) is -0.529. The first-order valence-corrected chi connectivity index (χ1v) is 6.37. The minimum absolute atomic E-state index is 0.508. The first kappa shape index (κ1) is 11.4. The van der Waals surface area contributed by atoms with Gasteiger partial charge in [0.05, 0.1) is 0 Å². The Morgan fingerprint density at radius 3 is 2.44 bits per heavy atom. The molecule has 1 aromatic heterocycles. The van der Waals surface area contributed by atoms with Crippen LogP contribution in [0.1, 0.15) is 5.76 Å². The SMILES string of the molecule is COP(=O)(OC)c1c(C)oc2ccccc12. The topological polar surface area (TPSA) is 48.7 Å². The summed E-state index contributed by atoms with van der Waals surface area (Å²) >= 11 is 0. The number of furan rings is 1. The highest BCUT2D eigenvalue weighted by molar-refractivity contribution is 7.62. The van der Waals surface area contributed by atoms with E-state index in [1.54, 1.807) is 6.92 Å². The largest absolute Gasteiger partial charge is 0.460 e. The molecule has 0 bridgehead atoms. The van der Waals surface area contributed by atoms with Gasteiger partial charge in [-0.15, -0.1) is 0 Å². The van der Waals surface area contributed by atoms with Crippen LogP contribution >= 0.6 is 7.60 Å². The third kappa shape index (κ3) is 1.59. The molecule has 0 amide bonds. The summed E-state index contributed by atoms with van der Waals surface area (Å²) in [6.07, 6.45) is 0. The molecule has 1 aromatic carbocycles. The van der Waals surface area contributed by atoms with Crippen molar-refractivity contribution < 1.29 is 18.0 Å². The second-order valence-electron chi connectivity index (χ2n) is 3.37. The summed E-state index contributed by atoms with van der Waals surface area (Å²) in [5.41, 5.74) is 0.685. The van der Waals surface area contributed by atoms with E-state index in [1.165, 1.54) is 14.2 Å². The summed E-state index contributed by atoms with van der Waals surface area (Å²) in [5, 5.41) is 1.28. The Morgan fingerprint density at radius 2 is 1.81 bits per heavy atom. The number of benzene rings is 1. The maximum atomic E-state index is 12.3. The molecule has 0 unspecified atom stereocenters. The van der Waals surface area contributed by atoms with E-state index in [-0.39, 0.29) is 0 Å². The lowest BCUT2D eigenvalue weighted by atomic mass is 10.2. The van der Waals surface area contributed by atoms with Crippen molar-refractivity contribution in [3.8, 4) is 0 Å². The van der Waals surface area contributed by atoms with E-state index < -0.39 is 7.60 Å². The molecule has 5 heteroatoms. The van der Waals surface area contributed by atoms with Gasteiger partial charge in [0, 0.05) is 19.6 Å². The third-order valence-corrected chi connectivity index (χ3v) is 4.56. The van der Waals surface area contributed by atoms with Crippen molar-refractivity contribution in [1.82, 2.24) is 0 Å². The molecule has 0 N–H and O–H groups in total. The van der Waals surface area contributed by atoms with Crippen LogP contribution < -0.4 is 5.30 Å². The highest BCUT2D eigenvalue weighted by Crippen LogP contribution is 2.48. The van der Waals surface area contributed by atoms with Crippen molar-refractivity contribution >= 4 is 23.9 Å². The van der Waals surface area contributed by atoms with Gasteiger partial charge >= 0.3 is 7.60 Å². The number of para-hydroxylation sites is 1. The van der Waals surface area contributed by atoms with Crippen LogP contribution in [-0.2, 0) is 13.6 Å². The molecular weight excluding hydrogens is 227 g/mol. The number of aryl methyl sites for hydroxylation is 1. The van der Waals surface area contributed by atoms with Gasteiger partial charge in [-0.05, 0) is 13.0 Å². The van der Waals surface area contributed by atoms with Crippen molar-refractivity contribution in [2.45, 2.75) is 6.92 Å². The molecule has 0 aliphatic rings. The Labute approximate surface area is 93.7 Å². The molecule has 2 rings (SSSR count). The molecule has 0 spiro atoms. The molecule has 4 nitrogen and oxygen atoms in total. The van der Waals surface area contributed by atoms with Crippen molar-refractivity contribution in [2.75, 3.05) is 14.2 Å². The lowest BCUT2D eigenvalue weighted by molar-refractivity contribution is 0.287. The first-order chi connectivity index (χ1) is 7.62. The van der Waals surface area contributed by atoms with Gasteiger partial charge in [-0.3, -0.25) is 4.57 Å². The van der Waals surface area contributed by atoms with Crippen LogP contribution in [0, 0.1) is 6.92 Å². The van der Waals surface area contributed by atoms with Gasteiger partial charge in [-0.1, -0.05) is 18.2 Å². The van der Waals surface area contributed by atoms with E-state index >= 15 is 0 Å². The average molecular weight is 240 g/mol. The lowest BCUT2D eigenvalue weighted by Gasteiger charge is -2.12. The monoisotopic (exact) mass is 240 g/mol. The predicted molar refractivity (Wildman–Crippen MR) is 62.2 cm³/mol. The molecule has 0 atom stereocenters. The Bertz CT molecular complexity index is 550. The van der Waals surface area contributed by atoms with Gasteiger partial charge in [-0.25, -0.2) is 0 Å². The van der Waals surface area contributed by atoms with Crippen molar-refractivity contribution in [2.24, 2.45) is 0 Å². The Morgan fingerprint density at radius 1 is 1.19 bits per heavy atom. The van der Waals surface area contributed by atoms with Gasteiger partial charge in [-0.2, -0.15) is 0 Å². The Balaban J connectivity index is 2.77. The molecule has 0 aliphatic heterocycles. The molecule has 0 saturated carbocycles. The standard InChI is InChI=1S/C11H13O4P/c1-8-11(16(12,13-2)14-3)9-6-4-5-7-10(9)15-8/h4-7H,1-3H3.